The molecule has 1 aromatic heterocycles. The number of hydrogen-bond donors (Lipinski definition) is 2. The van der Waals surface area contributed by atoms with Crippen molar-refractivity contribution in [2.24, 2.45) is 7.05 Å². The first-order chi connectivity index (χ1) is 9.02. The summed E-state index contributed by atoms with van der Waals surface area (Å²) in [5.74, 6) is 0.867. The third kappa shape index (κ3) is 2.72. The van der Waals surface area contributed by atoms with Gasteiger partial charge in [0.2, 0.25) is 0 Å². The molecular weight excluding hydrogens is 236 g/mol. The zero-order chi connectivity index (χ0) is 14.0. The fourth-order valence-electron chi connectivity index (χ4n) is 2.12. The van der Waals surface area contributed by atoms with Crippen LogP contribution in [0.25, 0.3) is 0 Å². The van der Waals surface area contributed by atoms with Crippen molar-refractivity contribution in [3.05, 3.63) is 35.0 Å². The molecule has 0 atom stereocenters. The van der Waals surface area contributed by atoms with E-state index < -0.39 is 0 Å². The quantitative estimate of drug-likeness (QED) is 0.884. The Morgan fingerprint density at radius 1 is 1.26 bits per heavy atom. The van der Waals surface area contributed by atoms with Gasteiger partial charge in [0.05, 0.1) is 11.4 Å². The maximum Gasteiger partial charge on any atom is 0.152 e. The Kier molecular flexibility index (Phi) is 3.79. The van der Waals surface area contributed by atoms with Crippen LogP contribution in [0.2, 0.25) is 0 Å². The maximum absolute atomic E-state index is 6.16. The standard InChI is InChI=1S/C15H22N4/c1-5-6-13-14(16)15(19(4)18-13)17-12-8-7-10(2)11(3)9-12/h7-9,17H,5-6,16H2,1-4H3. The molecule has 1 aromatic carbocycles. The van der Waals surface area contributed by atoms with Gasteiger partial charge in [0.25, 0.3) is 0 Å². The van der Waals surface area contributed by atoms with Crippen molar-refractivity contribution >= 4 is 17.2 Å². The molecule has 0 amide bonds. The van der Waals surface area contributed by atoms with Crippen molar-refractivity contribution < 1.29 is 0 Å². The van der Waals surface area contributed by atoms with Gasteiger partial charge >= 0.3 is 0 Å². The minimum absolute atomic E-state index is 0.752. The third-order valence-corrected chi connectivity index (χ3v) is 3.42. The highest BCUT2D eigenvalue weighted by Crippen LogP contribution is 2.27. The van der Waals surface area contributed by atoms with Crippen molar-refractivity contribution in [2.75, 3.05) is 11.1 Å². The Morgan fingerprint density at radius 2 is 2.00 bits per heavy atom. The molecule has 102 valence electrons. The van der Waals surface area contributed by atoms with Gasteiger partial charge in [-0.15, -0.1) is 0 Å². The van der Waals surface area contributed by atoms with Crippen LogP contribution in [0.15, 0.2) is 18.2 Å². The van der Waals surface area contributed by atoms with Crippen LogP contribution in [-0.4, -0.2) is 9.78 Å². The zero-order valence-corrected chi connectivity index (χ0v) is 12.1. The van der Waals surface area contributed by atoms with Crippen molar-refractivity contribution in [1.29, 1.82) is 0 Å². The number of anilines is 3. The lowest BCUT2D eigenvalue weighted by Gasteiger charge is -2.09. The Morgan fingerprint density at radius 3 is 2.63 bits per heavy atom. The summed E-state index contributed by atoms with van der Waals surface area (Å²) < 4.78 is 1.81. The van der Waals surface area contributed by atoms with Crippen molar-refractivity contribution in [3.63, 3.8) is 0 Å². The molecule has 0 saturated heterocycles. The van der Waals surface area contributed by atoms with Gasteiger partial charge in [0.15, 0.2) is 5.82 Å². The summed E-state index contributed by atoms with van der Waals surface area (Å²) in [7, 11) is 1.92. The number of nitrogens with one attached hydrogen (secondary N) is 1. The molecule has 0 fully saturated rings. The monoisotopic (exact) mass is 258 g/mol. The van der Waals surface area contributed by atoms with Crippen molar-refractivity contribution in [2.45, 2.75) is 33.6 Å². The lowest BCUT2D eigenvalue weighted by Crippen LogP contribution is -2.01. The summed E-state index contributed by atoms with van der Waals surface area (Å²) in [6, 6.07) is 6.30. The Hall–Kier alpha value is -1.97. The molecule has 0 aliphatic rings. The van der Waals surface area contributed by atoms with Crippen LogP contribution in [0, 0.1) is 13.8 Å². The average molecular weight is 258 g/mol. The molecule has 4 heteroatoms. The van der Waals surface area contributed by atoms with Gasteiger partial charge in [-0.25, -0.2) is 0 Å². The number of nitrogens with zero attached hydrogens (tertiary/aromatic N) is 2. The minimum atomic E-state index is 0.752. The summed E-state index contributed by atoms with van der Waals surface area (Å²) >= 11 is 0. The minimum Gasteiger partial charge on any atom is -0.394 e. The van der Waals surface area contributed by atoms with Gasteiger partial charge in [-0.3, -0.25) is 4.68 Å². The van der Waals surface area contributed by atoms with Crippen LogP contribution < -0.4 is 11.1 Å². The smallest absolute Gasteiger partial charge is 0.152 e. The van der Waals surface area contributed by atoms with Gasteiger partial charge in [0.1, 0.15) is 0 Å². The largest absolute Gasteiger partial charge is 0.394 e. The summed E-state index contributed by atoms with van der Waals surface area (Å²) in [6.07, 6.45) is 1.96. The summed E-state index contributed by atoms with van der Waals surface area (Å²) in [5, 5.41) is 7.83. The predicted molar refractivity (Wildman–Crippen MR) is 80.8 cm³/mol. The second kappa shape index (κ2) is 5.34. The van der Waals surface area contributed by atoms with E-state index in [4.69, 9.17) is 5.73 Å². The molecule has 3 N–H and O–H groups in total. The van der Waals surface area contributed by atoms with E-state index in [1.165, 1.54) is 11.1 Å². The van der Waals surface area contributed by atoms with E-state index >= 15 is 0 Å². The molecule has 0 aliphatic carbocycles. The van der Waals surface area contributed by atoms with E-state index in [1.54, 1.807) is 0 Å². The van der Waals surface area contributed by atoms with E-state index in [9.17, 15) is 0 Å². The van der Waals surface area contributed by atoms with Gasteiger partial charge in [0, 0.05) is 12.7 Å². The van der Waals surface area contributed by atoms with E-state index in [-0.39, 0.29) is 0 Å². The van der Waals surface area contributed by atoms with Gasteiger partial charge in [-0.1, -0.05) is 19.4 Å². The molecule has 0 saturated carbocycles. The van der Waals surface area contributed by atoms with Crippen LogP contribution >= 0.6 is 0 Å². The summed E-state index contributed by atoms with van der Waals surface area (Å²) in [4.78, 5) is 0. The maximum atomic E-state index is 6.16. The van der Waals surface area contributed by atoms with Gasteiger partial charge in [-0.2, -0.15) is 5.10 Å². The first-order valence-electron chi connectivity index (χ1n) is 6.68. The van der Waals surface area contributed by atoms with Crippen molar-refractivity contribution in [3.8, 4) is 0 Å². The predicted octanol–water partition coefficient (Wildman–Crippen LogP) is 3.32. The van der Waals surface area contributed by atoms with E-state index in [2.05, 4.69) is 49.4 Å². The Bertz CT molecular complexity index is 584. The van der Waals surface area contributed by atoms with E-state index in [0.717, 1.165) is 35.7 Å². The number of aromatic nitrogens is 2. The highest BCUT2D eigenvalue weighted by Gasteiger charge is 2.12. The number of nitrogens with two attached hydrogens (primary N) is 1. The summed E-state index contributed by atoms with van der Waals surface area (Å²) in [5.41, 5.74) is 11.5. The highest BCUT2D eigenvalue weighted by atomic mass is 15.3. The van der Waals surface area contributed by atoms with Crippen molar-refractivity contribution in [1.82, 2.24) is 9.78 Å². The molecule has 0 radical (unpaired) electrons. The Balaban J connectivity index is 2.30. The van der Waals surface area contributed by atoms with Crippen LogP contribution in [0.3, 0.4) is 0 Å². The fourth-order valence-corrected chi connectivity index (χ4v) is 2.12. The Labute approximate surface area is 114 Å². The molecule has 4 nitrogen and oxygen atoms in total. The SMILES string of the molecule is CCCc1nn(C)c(Nc2ccc(C)c(C)c2)c1N. The zero-order valence-electron chi connectivity index (χ0n) is 12.1. The van der Waals surface area contributed by atoms with Crippen LogP contribution in [0.4, 0.5) is 17.2 Å². The molecule has 0 aliphatic heterocycles. The van der Waals surface area contributed by atoms with Crippen LogP contribution in [0.1, 0.15) is 30.2 Å². The molecule has 1 heterocycles. The molecule has 0 unspecified atom stereocenters. The van der Waals surface area contributed by atoms with E-state index in [1.807, 2.05) is 11.7 Å². The normalized spacial score (nSPS) is 10.7. The summed E-state index contributed by atoms with van der Waals surface area (Å²) in [6.45, 7) is 6.34. The molecule has 19 heavy (non-hydrogen) atoms. The molecule has 2 rings (SSSR count). The molecule has 0 spiro atoms. The first kappa shape index (κ1) is 13.5. The van der Waals surface area contributed by atoms with Gasteiger partial charge < -0.3 is 11.1 Å². The van der Waals surface area contributed by atoms with Crippen LogP contribution in [-0.2, 0) is 13.5 Å². The molecular formula is C15H22N4. The third-order valence-electron chi connectivity index (χ3n) is 3.42. The second-order valence-electron chi connectivity index (χ2n) is 5.01. The van der Waals surface area contributed by atoms with Crippen LogP contribution in [0.5, 0.6) is 0 Å². The number of hydrogen-bond acceptors (Lipinski definition) is 3. The van der Waals surface area contributed by atoms with Gasteiger partial charge in [-0.05, 0) is 43.5 Å². The lowest BCUT2D eigenvalue weighted by molar-refractivity contribution is 0.740. The first-order valence-corrected chi connectivity index (χ1v) is 6.68. The lowest BCUT2D eigenvalue weighted by atomic mass is 10.1. The second-order valence-corrected chi connectivity index (χ2v) is 5.01. The highest BCUT2D eigenvalue weighted by molar-refractivity contribution is 5.71. The number of aryl methyl sites for hydroxylation is 4. The molecule has 2 aromatic rings. The number of benzene rings is 1. The van der Waals surface area contributed by atoms with E-state index in [0.29, 0.717) is 0 Å². The number of rotatable bonds is 4. The average Bonchev–Trinajstić information content (AvgIpc) is 2.62. The number of nitrogen functional groups attached to an aromatic ring is 1. The fraction of sp³-hybridized carbons (Fsp3) is 0.400. The topological polar surface area (TPSA) is 55.9 Å². The molecule has 0 bridgehead atoms.